The third kappa shape index (κ3) is 2.34. The maximum absolute atomic E-state index is 11.7. The lowest BCUT2D eigenvalue weighted by Gasteiger charge is -2.39. The van der Waals surface area contributed by atoms with Crippen LogP contribution < -0.4 is 0 Å². The van der Waals surface area contributed by atoms with Gasteiger partial charge in [0.1, 0.15) is 0 Å². The van der Waals surface area contributed by atoms with Gasteiger partial charge in [0.05, 0.1) is 0 Å². The summed E-state index contributed by atoms with van der Waals surface area (Å²) in [5, 5.41) is 0. The monoisotopic (exact) mass is 198 g/mol. The topological polar surface area (TPSA) is 43.4 Å². The first-order valence-corrected chi connectivity index (χ1v) is 5.03. The number of ether oxygens (including phenoxy) is 1. The lowest BCUT2D eigenvalue weighted by molar-refractivity contribution is -0.164. The molecule has 0 heterocycles. The average Bonchev–Trinajstić information content (AvgIpc) is 1.95. The molecule has 14 heavy (non-hydrogen) atoms. The van der Waals surface area contributed by atoms with Crippen molar-refractivity contribution < 1.29 is 14.3 Å². The molecule has 0 aliphatic heterocycles. The second kappa shape index (κ2) is 3.71. The molecule has 0 radical (unpaired) electrons. The first-order valence-electron chi connectivity index (χ1n) is 5.03. The van der Waals surface area contributed by atoms with E-state index < -0.39 is 6.10 Å². The minimum atomic E-state index is -0.545. The first kappa shape index (κ1) is 11.2. The standard InChI is InChI=1S/C11H18O3/c1-7-5-9(13)10(14-8(2)12)11(3,4)6-7/h7,10H,5-6H2,1-4H3/t7-,10-/m0/s1. The van der Waals surface area contributed by atoms with Crippen LogP contribution in [0.25, 0.3) is 0 Å². The Labute approximate surface area is 84.8 Å². The quantitative estimate of drug-likeness (QED) is 0.605. The van der Waals surface area contributed by atoms with Crippen LogP contribution in [-0.4, -0.2) is 17.9 Å². The van der Waals surface area contributed by atoms with Crippen LogP contribution in [0.2, 0.25) is 0 Å². The molecule has 0 spiro atoms. The van der Waals surface area contributed by atoms with Gasteiger partial charge in [-0.3, -0.25) is 9.59 Å². The summed E-state index contributed by atoms with van der Waals surface area (Å²) < 4.78 is 5.08. The van der Waals surface area contributed by atoms with Gasteiger partial charge in [-0.2, -0.15) is 0 Å². The summed E-state index contributed by atoms with van der Waals surface area (Å²) in [6, 6.07) is 0. The highest BCUT2D eigenvalue weighted by molar-refractivity contribution is 5.87. The summed E-state index contributed by atoms with van der Waals surface area (Å²) in [7, 11) is 0. The van der Waals surface area contributed by atoms with Gasteiger partial charge in [0, 0.05) is 18.8 Å². The van der Waals surface area contributed by atoms with Crippen molar-refractivity contribution in [2.24, 2.45) is 11.3 Å². The van der Waals surface area contributed by atoms with Crippen molar-refractivity contribution in [1.82, 2.24) is 0 Å². The van der Waals surface area contributed by atoms with Gasteiger partial charge >= 0.3 is 5.97 Å². The lowest BCUT2D eigenvalue weighted by Crippen LogP contribution is -2.45. The zero-order valence-electron chi connectivity index (χ0n) is 9.29. The number of hydrogen-bond donors (Lipinski definition) is 0. The molecule has 0 aromatic rings. The summed E-state index contributed by atoms with van der Waals surface area (Å²) in [5.74, 6) is 0.0826. The molecule has 1 aliphatic carbocycles. The fraction of sp³-hybridized carbons (Fsp3) is 0.818. The van der Waals surface area contributed by atoms with E-state index in [0.717, 1.165) is 6.42 Å². The second-order valence-corrected chi connectivity index (χ2v) is 4.96. The van der Waals surface area contributed by atoms with E-state index in [1.165, 1.54) is 6.92 Å². The van der Waals surface area contributed by atoms with E-state index in [1.807, 2.05) is 13.8 Å². The average molecular weight is 198 g/mol. The third-order valence-corrected chi connectivity index (χ3v) is 2.71. The third-order valence-electron chi connectivity index (χ3n) is 2.71. The molecule has 0 saturated heterocycles. The number of rotatable bonds is 1. The molecule has 0 N–H and O–H groups in total. The molecule has 0 unspecified atom stereocenters. The predicted octanol–water partition coefficient (Wildman–Crippen LogP) is 1.94. The molecule has 1 saturated carbocycles. The van der Waals surface area contributed by atoms with Crippen molar-refractivity contribution in [3.8, 4) is 0 Å². The van der Waals surface area contributed by atoms with Crippen molar-refractivity contribution in [3.63, 3.8) is 0 Å². The first-order chi connectivity index (χ1) is 6.33. The molecule has 1 fully saturated rings. The normalized spacial score (nSPS) is 31.3. The fourth-order valence-electron chi connectivity index (χ4n) is 2.35. The van der Waals surface area contributed by atoms with Crippen LogP contribution in [0.4, 0.5) is 0 Å². The number of Topliss-reactive ketones (excluding diaryl/α,β-unsaturated/α-hetero) is 1. The minimum absolute atomic E-state index is 0.0592. The summed E-state index contributed by atoms with van der Waals surface area (Å²) >= 11 is 0. The Morgan fingerprint density at radius 2 is 2.07 bits per heavy atom. The number of hydrogen-bond acceptors (Lipinski definition) is 3. The predicted molar refractivity (Wildman–Crippen MR) is 52.7 cm³/mol. The van der Waals surface area contributed by atoms with Gasteiger partial charge in [0.2, 0.25) is 0 Å². The summed E-state index contributed by atoms with van der Waals surface area (Å²) in [6.07, 6.45) is 0.911. The molecule has 0 aromatic carbocycles. The molecular formula is C11H18O3. The highest BCUT2D eigenvalue weighted by Crippen LogP contribution is 2.38. The zero-order chi connectivity index (χ0) is 10.9. The molecule has 80 valence electrons. The number of carbonyl (C=O) groups is 2. The van der Waals surface area contributed by atoms with Crippen molar-refractivity contribution in [3.05, 3.63) is 0 Å². The van der Waals surface area contributed by atoms with E-state index in [4.69, 9.17) is 4.74 Å². The summed E-state index contributed by atoms with van der Waals surface area (Å²) in [5.41, 5.74) is -0.222. The molecule has 2 atom stereocenters. The second-order valence-electron chi connectivity index (χ2n) is 4.96. The summed E-state index contributed by atoms with van der Waals surface area (Å²) in [4.78, 5) is 22.5. The Balaban J connectivity index is 2.80. The fourth-order valence-corrected chi connectivity index (χ4v) is 2.35. The van der Waals surface area contributed by atoms with Gasteiger partial charge in [0.25, 0.3) is 0 Å². The Bertz CT molecular complexity index is 255. The van der Waals surface area contributed by atoms with Crippen LogP contribution in [0.3, 0.4) is 0 Å². The Kier molecular flexibility index (Phi) is 2.98. The maximum atomic E-state index is 11.7. The largest absolute Gasteiger partial charge is 0.454 e. The number of ketones is 1. The molecular weight excluding hydrogens is 180 g/mol. The highest BCUT2D eigenvalue weighted by atomic mass is 16.5. The molecule has 3 nitrogen and oxygen atoms in total. The van der Waals surface area contributed by atoms with E-state index in [-0.39, 0.29) is 17.2 Å². The van der Waals surface area contributed by atoms with E-state index in [0.29, 0.717) is 12.3 Å². The van der Waals surface area contributed by atoms with Crippen LogP contribution in [0.15, 0.2) is 0 Å². The molecule has 1 rings (SSSR count). The van der Waals surface area contributed by atoms with Gasteiger partial charge in [-0.15, -0.1) is 0 Å². The van der Waals surface area contributed by atoms with Gasteiger partial charge in [-0.1, -0.05) is 20.8 Å². The van der Waals surface area contributed by atoms with E-state index >= 15 is 0 Å². The van der Waals surface area contributed by atoms with Crippen molar-refractivity contribution in [1.29, 1.82) is 0 Å². The molecule has 3 heteroatoms. The van der Waals surface area contributed by atoms with Crippen molar-refractivity contribution in [2.45, 2.75) is 46.6 Å². The van der Waals surface area contributed by atoms with Crippen LogP contribution in [0.1, 0.15) is 40.5 Å². The van der Waals surface area contributed by atoms with Gasteiger partial charge < -0.3 is 4.74 Å². The van der Waals surface area contributed by atoms with Crippen LogP contribution >= 0.6 is 0 Å². The number of carbonyl (C=O) groups excluding carboxylic acids is 2. The maximum Gasteiger partial charge on any atom is 0.303 e. The van der Waals surface area contributed by atoms with Gasteiger partial charge in [-0.25, -0.2) is 0 Å². The lowest BCUT2D eigenvalue weighted by atomic mass is 9.70. The zero-order valence-corrected chi connectivity index (χ0v) is 9.29. The molecule has 0 aromatic heterocycles. The molecule has 0 bridgehead atoms. The SMILES string of the molecule is CC(=O)O[C@H]1C(=O)C[C@H](C)CC1(C)C. The molecule has 0 amide bonds. The van der Waals surface area contributed by atoms with Crippen LogP contribution in [-0.2, 0) is 14.3 Å². The Morgan fingerprint density at radius 1 is 1.50 bits per heavy atom. The van der Waals surface area contributed by atoms with Crippen LogP contribution in [0.5, 0.6) is 0 Å². The van der Waals surface area contributed by atoms with E-state index in [9.17, 15) is 9.59 Å². The van der Waals surface area contributed by atoms with Crippen molar-refractivity contribution >= 4 is 11.8 Å². The van der Waals surface area contributed by atoms with Gasteiger partial charge in [0.15, 0.2) is 11.9 Å². The van der Waals surface area contributed by atoms with Crippen molar-refractivity contribution in [2.75, 3.05) is 0 Å². The Morgan fingerprint density at radius 3 is 2.50 bits per heavy atom. The molecule has 1 aliphatic rings. The van der Waals surface area contributed by atoms with Gasteiger partial charge in [-0.05, 0) is 12.3 Å². The smallest absolute Gasteiger partial charge is 0.303 e. The van der Waals surface area contributed by atoms with E-state index in [1.54, 1.807) is 0 Å². The summed E-state index contributed by atoms with van der Waals surface area (Å²) in [6.45, 7) is 7.37. The number of esters is 1. The van der Waals surface area contributed by atoms with E-state index in [2.05, 4.69) is 6.92 Å². The minimum Gasteiger partial charge on any atom is -0.454 e. The van der Waals surface area contributed by atoms with Crippen LogP contribution in [0, 0.1) is 11.3 Å². The highest BCUT2D eigenvalue weighted by Gasteiger charge is 2.43. The Hall–Kier alpha value is -0.860.